The van der Waals surface area contributed by atoms with Gasteiger partial charge in [-0.15, -0.1) is 0 Å². The molecule has 0 aromatic heterocycles. The third-order valence-corrected chi connectivity index (χ3v) is 3.63. The summed E-state index contributed by atoms with van der Waals surface area (Å²) in [5, 5.41) is 7.85. The summed E-state index contributed by atoms with van der Waals surface area (Å²) in [7, 11) is 1.48. The first-order valence-electron chi connectivity index (χ1n) is 7.01. The predicted octanol–water partition coefficient (Wildman–Crippen LogP) is 1.82. The number of benzene rings is 1. The number of carbonyl (C=O) groups is 2. The maximum atomic E-state index is 11.9. The Morgan fingerprint density at radius 2 is 1.95 bits per heavy atom. The lowest BCUT2D eigenvalue weighted by Gasteiger charge is -2.22. The van der Waals surface area contributed by atoms with Crippen LogP contribution in [0.3, 0.4) is 0 Å². The molecule has 2 rings (SSSR count). The average Bonchev–Trinajstić information content (AvgIpc) is 2.47. The highest BCUT2D eigenvalue weighted by molar-refractivity contribution is 5.97. The Morgan fingerprint density at radius 3 is 2.70 bits per heavy atom. The lowest BCUT2D eigenvalue weighted by molar-refractivity contribution is -0.120. The number of urea groups is 1. The van der Waals surface area contributed by atoms with Crippen LogP contribution in [0, 0.1) is 0 Å². The third-order valence-electron chi connectivity index (χ3n) is 3.63. The lowest BCUT2D eigenvalue weighted by atomic mass is 9.90. The van der Waals surface area contributed by atoms with Gasteiger partial charge in [-0.05, 0) is 49.8 Å². The maximum Gasteiger partial charge on any atom is 0.321 e. The van der Waals surface area contributed by atoms with Gasteiger partial charge in [0.05, 0.1) is 0 Å². The highest BCUT2D eigenvalue weighted by atomic mass is 16.2. The third kappa shape index (κ3) is 3.29. The van der Waals surface area contributed by atoms with Gasteiger partial charge in [0.2, 0.25) is 5.91 Å². The highest BCUT2D eigenvalue weighted by Gasteiger charge is 2.18. The SMILES string of the molecule is CNC(=O)NC(=O)[C@@H](C)Nc1cccc2c1CCCC2. The molecule has 3 amide bonds. The van der Waals surface area contributed by atoms with E-state index in [2.05, 4.69) is 22.0 Å². The molecule has 0 radical (unpaired) electrons. The Hall–Kier alpha value is -2.04. The zero-order valence-corrected chi connectivity index (χ0v) is 12.0. The Kier molecular flexibility index (Phi) is 4.61. The van der Waals surface area contributed by atoms with E-state index in [-0.39, 0.29) is 5.91 Å². The van der Waals surface area contributed by atoms with E-state index in [1.807, 2.05) is 12.1 Å². The second kappa shape index (κ2) is 6.41. The van der Waals surface area contributed by atoms with Gasteiger partial charge in [0, 0.05) is 12.7 Å². The van der Waals surface area contributed by atoms with Gasteiger partial charge in [0.1, 0.15) is 6.04 Å². The van der Waals surface area contributed by atoms with E-state index < -0.39 is 12.1 Å². The summed E-state index contributed by atoms with van der Waals surface area (Å²) in [5.41, 5.74) is 3.67. The monoisotopic (exact) mass is 275 g/mol. The van der Waals surface area contributed by atoms with Gasteiger partial charge in [-0.3, -0.25) is 10.1 Å². The number of imide groups is 1. The van der Waals surface area contributed by atoms with Gasteiger partial charge in [-0.2, -0.15) is 0 Å². The molecule has 3 N–H and O–H groups in total. The van der Waals surface area contributed by atoms with Crippen LogP contribution in [0.5, 0.6) is 0 Å². The van der Waals surface area contributed by atoms with E-state index in [1.54, 1.807) is 6.92 Å². The lowest BCUT2D eigenvalue weighted by Crippen LogP contribution is -2.44. The van der Waals surface area contributed by atoms with Crippen LogP contribution in [0.15, 0.2) is 18.2 Å². The van der Waals surface area contributed by atoms with Crippen molar-refractivity contribution in [3.63, 3.8) is 0 Å². The van der Waals surface area contributed by atoms with Crippen molar-refractivity contribution >= 4 is 17.6 Å². The average molecular weight is 275 g/mol. The molecule has 0 heterocycles. The van der Waals surface area contributed by atoms with Gasteiger partial charge >= 0.3 is 6.03 Å². The predicted molar refractivity (Wildman–Crippen MR) is 78.8 cm³/mol. The molecule has 0 bridgehead atoms. The Labute approximate surface area is 119 Å². The number of rotatable bonds is 3. The van der Waals surface area contributed by atoms with Crippen molar-refractivity contribution in [3.8, 4) is 0 Å². The van der Waals surface area contributed by atoms with E-state index >= 15 is 0 Å². The standard InChI is InChI=1S/C15H21N3O2/c1-10(14(19)18-15(20)16-2)17-13-9-5-7-11-6-3-4-8-12(11)13/h5,7,9-10,17H,3-4,6,8H2,1-2H3,(H2,16,18,19,20)/t10-/m1/s1. The fraction of sp³-hybridized carbons (Fsp3) is 0.467. The minimum Gasteiger partial charge on any atom is -0.374 e. The summed E-state index contributed by atoms with van der Waals surface area (Å²) in [4.78, 5) is 23.0. The van der Waals surface area contributed by atoms with Crippen LogP contribution >= 0.6 is 0 Å². The van der Waals surface area contributed by atoms with Crippen molar-refractivity contribution in [3.05, 3.63) is 29.3 Å². The van der Waals surface area contributed by atoms with E-state index in [9.17, 15) is 9.59 Å². The zero-order valence-electron chi connectivity index (χ0n) is 12.0. The number of hydrogen-bond donors (Lipinski definition) is 3. The zero-order chi connectivity index (χ0) is 14.5. The van der Waals surface area contributed by atoms with Crippen LogP contribution < -0.4 is 16.0 Å². The second-order valence-corrected chi connectivity index (χ2v) is 5.08. The van der Waals surface area contributed by atoms with Crippen LogP contribution in [0.4, 0.5) is 10.5 Å². The normalized spacial score (nSPS) is 14.9. The van der Waals surface area contributed by atoms with Gasteiger partial charge in [0.15, 0.2) is 0 Å². The fourth-order valence-electron chi connectivity index (χ4n) is 2.50. The van der Waals surface area contributed by atoms with Crippen LogP contribution in [0.2, 0.25) is 0 Å². The fourth-order valence-corrected chi connectivity index (χ4v) is 2.50. The van der Waals surface area contributed by atoms with Crippen molar-refractivity contribution in [1.29, 1.82) is 0 Å². The van der Waals surface area contributed by atoms with Gasteiger partial charge < -0.3 is 10.6 Å². The van der Waals surface area contributed by atoms with Crippen molar-refractivity contribution in [2.75, 3.05) is 12.4 Å². The van der Waals surface area contributed by atoms with Gasteiger partial charge in [0.25, 0.3) is 0 Å². The van der Waals surface area contributed by atoms with Crippen LogP contribution in [-0.2, 0) is 17.6 Å². The summed E-state index contributed by atoms with van der Waals surface area (Å²) < 4.78 is 0. The molecular formula is C15H21N3O2. The second-order valence-electron chi connectivity index (χ2n) is 5.08. The molecule has 1 atom stereocenters. The van der Waals surface area contributed by atoms with Crippen molar-refractivity contribution in [2.24, 2.45) is 0 Å². The van der Waals surface area contributed by atoms with Crippen LogP contribution in [0.25, 0.3) is 0 Å². The summed E-state index contributed by atoms with van der Waals surface area (Å²) in [6, 6.07) is 5.21. The minimum atomic E-state index is -0.487. The number of nitrogens with one attached hydrogen (secondary N) is 3. The number of anilines is 1. The Bertz CT molecular complexity index is 514. The molecule has 108 valence electrons. The molecule has 1 aromatic rings. The molecule has 20 heavy (non-hydrogen) atoms. The molecule has 1 aliphatic carbocycles. The first kappa shape index (κ1) is 14.4. The van der Waals surface area contributed by atoms with Gasteiger partial charge in [-0.25, -0.2) is 4.79 Å². The summed E-state index contributed by atoms with van der Waals surface area (Å²) in [6.45, 7) is 1.75. The number of hydrogen-bond acceptors (Lipinski definition) is 3. The minimum absolute atomic E-state index is 0.335. The summed E-state index contributed by atoms with van der Waals surface area (Å²) >= 11 is 0. The van der Waals surface area contributed by atoms with Crippen LogP contribution in [0.1, 0.15) is 30.9 Å². The Balaban J connectivity index is 2.06. The molecule has 0 aliphatic heterocycles. The van der Waals surface area contributed by atoms with E-state index in [4.69, 9.17) is 0 Å². The van der Waals surface area contributed by atoms with Crippen molar-refractivity contribution < 1.29 is 9.59 Å². The highest BCUT2D eigenvalue weighted by Crippen LogP contribution is 2.28. The molecule has 5 heteroatoms. The number of carbonyl (C=O) groups excluding carboxylic acids is 2. The molecule has 0 saturated carbocycles. The first-order chi connectivity index (χ1) is 9.61. The molecule has 5 nitrogen and oxygen atoms in total. The maximum absolute atomic E-state index is 11.9. The smallest absolute Gasteiger partial charge is 0.321 e. The van der Waals surface area contributed by atoms with E-state index in [1.165, 1.54) is 31.0 Å². The summed E-state index contributed by atoms with van der Waals surface area (Å²) in [5.74, 6) is -0.335. The molecular weight excluding hydrogens is 254 g/mol. The van der Waals surface area contributed by atoms with Crippen molar-refractivity contribution in [1.82, 2.24) is 10.6 Å². The molecule has 0 spiro atoms. The molecule has 1 aliphatic rings. The van der Waals surface area contributed by atoms with Crippen molar-refractivity contribution in [2.45, 2.75) is 38.6 Å². The quantitative estimate of drug-likeness (QED) is 0.788. The topological polar surface area (TPSA) is 70.2 Å². The molecule has 0 fully saturated rings. The Morgan fingerprint density at radius 1 is 1.20 bits per heavy atom. The number of fused-ring (bicyclic) bond motifs is 1. The first-order valence-corrected chi connectivity index (χ1v) is 7.01. The molecule has 0 unspecified atom stereocenters. The van der Waals surface area contributed by atoms with E-state index in [0.717, 1.165) is 18.5 Å². The number of amides is 3. The number of aryl methyl sites for hydroxylation is 1. The van der Waals surface area contributed by atoms with Gasteiger partial charge in [-0.1, -0.05) is 12.1 Å². The largest absolute Gasteiger partial charge is 0.374 e. The summed E-state index contributed by atoms with van der Waals surface area (Å²) in [6.07, 6.45) is 4.56. The van der Waals surface area contributed by atoms with Crippen LogP contribution in [-0.4, -0.2) is 25.0 Å². The van der Waals surface area contributed by atoms with E-state index in [0.29, 0.717) is 0 Å². The molecule has 0 saturated heterocycles. The molecule has 1 aromatic carbocycles.